The first-order chi connectivity index (χ1) is 8.13. The van der Waals surface area contributed by atoms with Crippen molar-refractivity contribution in [2.75, 3.05) is 39.3 Å². The summed E-state index contributed by atoms with van der Waals surface area (Å²) in [5, 5.41) is 0. The van der Waals surface area contributed by atoms with Gasteiger partial charge in [-0.15, -0.1) is 0 Å². The minimum absolute atomic E-state index is 0.372. The van der Waals surface area contributed by atoms with E-state index in [1.54, 1.807) is 0 Å². The summed E-state index contributed by atoms with van der Waals surface area (Å²) in [5.74, 6) is 0. The van der Waals surface area contributed by atoms with Crippen LogP contribution in [0.25, 0.3) is 0 Å². The summed E-state index contributed by atoms with van der Waals surface area (Å²) < 4.78 is 5.57. The highest BCUT2D eigenvalue weighted by molar-refractivity contribution is 4.75. The molecule has 0 aliphatic carbocycles. The zero-order chi connectivity index (χ0) is 12.7. The van der Waals surface area contributed by atoms with Crippen molar-refractivity contribution in [2.24, 2.45) is 0 Å². The van der Waals surface area contributed by atoms with E-state index in [1.807, 2.05) is 0 Å². The van der Waals surface area contributed by atoms with Crippen molar-refractivity contribution in [3.05, 3.63) is 0 Å². The van der Waals surface area contributed by atoms with Crippen LogP contribution in [0.4, 0.5) is 0 Å². The molecular formula is C14H30N2O. The third kappa shape index (κ3) is 5.84. The highest BCUT2D eigenvalue weighted by Gasteiger charge is 2.19. The maximum Gasteiger partial charge on any atom is 0.0518 e. The Kier molecular flexibility index (Phi) is 7.09. The summed E-state index contributed by atoms with van der Waals surface area (Å²) in [6.45, 7) is 15.9. The summed E-state index contributed by atoms with van der Waals surface area (Å²) in [6, 6.07) is 0.751. The van der Waals surface area contributed by atoms with Crippen molar-refractivity contribution in [1.82, 2.24) is 9.80 Å². The first-order valence-electron chi connectivity index (χ1n) is 7.21. The lowest BCUT2D eigenvalue weighted by Gasteiger charge is -2.37. The molecule has 0 aromatic heterocycles. The predicted molar refractivity (Wildman–Crippen MR) is 73.5 cm³/mol. The van der Waals surface area contributed by atoms with Gasteiger partial charge in [0.15, 0.2) is 0 Å². The van der Waals surface area contributed by atoms with Gasteiger partial charge in [-0.3, -0.25) is 4.90 Å². The summed E-state index contributed by atoms with van der Waals surface area (Å²) in [7, 11) is 0. The molecule has 0 saturated carbocycles. The van der Waals surface area contributed by atoms with Crippen LogP contribution in [0.1, 0.15) is 40.5 Å². The van der Waals surface area contributed by atoms with Gasteiger partial charge in [0.2, 0.25) is 0 Å². The topological polar surface area (TPSA) is 15.7 Å². The van der Waals surface area contributed by atoms with Crippen LogP contribution < -0.4 is 0 Å². The van der Waals surface area contributed by atoms with Crippen molar-refractivity contribution >= 4 is 0 Å². The number of nitrogens with zero attached hydrogens (tertiary/aromatic N) is 2. The fourth-order valence-corrected chi connectivity index (χ4v) is 2.29. The zero-order valence-electron chi connectivity index (χ0n) is 12.1. The van der Waals surface area contributed by atoms with E-state index in [9.17, 15) is 0 Å². The first-order valence-corrected chi connectivity index (χ1v) is 7.21. The van der Waals surface area contributed by atoms with Crippen molar-refractivity contribution in [1.29, 1.82) is 0 Å². The van der Waals surface area contributed by atoms with Gasteiger partial charge >= 0.3 is 0 Å². The van der Waals surface area contributed by atoms with E-state index in [0.29, 0.717) is 6.10 Å². The molecular weight excluding hydrogens is 212 g/mol. The molecule has 0 N–H and O–H groups in total. The second kappa shape index (κ2) is 8.06. The van der Waals surface area contributed by atoms with Crippen LogP contribution >= 0.6 is 0 Å². The fraction of sp³-hybridized carbons (Fsp3) is 1.00. The second-order valence-corrected chi connectivity index (χ2v) is 5.41. The summed E-state index contributed by atoms with van der Waals surface area (Å²) >= 11 is 0. The van der Waals surface area contributed by atoms with Gasteiger partial charge in [-0.1, -0.05) is 6.92 Å². The molecule has 1 aliphatic heterocycles. The van der Waals surface area contributed by atoms with Crippen LogP contribution in [0.3, 0.4) is 0 Å². The van der Waals surface area contributed by atoms with Gasteiger partial charge in [-0.2, -0.15) is 0 Å². The average Bonchev–Trinajstić information content (AvgIpc) is 2.34. The first kappa shape index (κ1) is 14.9. The Balaban J connectivity index is 2.07. The standard InChI is InChI=1S/C14H30N2O/c1-5-14(4)16-10-8-15(9-11-16)7-6-12-17-13(2)3/h13-14H,5-12H2,1-4H3. The van der Waals surface area contributed by atoms with Crippen LogP contribution in [0.2, 0.25) is 0 Å². The fourth-order valence-electron chi connectivity index (χ4n) is 2.29. The van der Waals surface area contributed by atoms with Gasteiger partial charge < -0.3 is 9.64 Å². The number of rotatable bonds is 7. The third-order valence-electron chi connectivity index (χ3n) is 3.69. The van der Waals surface area contributed by atoms with Crippen LogP contribution in [0, 0.1) is 0 Å². The minimum atomic E-state index is 0.372. The maximum absolute atomic E-state index is 5.57. The maximum atomic E-state index is 5.57. The van der Waals surface area contributed by atoms with E-state index < -0.39 is 0 Å². The Bertz CT molecular complexity index is 189. The molecule has 1 saturated heterocycles. The molecule has 1 heterocycles. The minimum Gasteiger partial charge on any atom is -0.379 e. The number of hydrogen-bond acceptors (Lipinski definition) is 3. The summed E-state index contributed by atoms with van der Waals surface area (Å²) in [4.78, 5) is 5.18. The molecule has 1 fully saturated rings. The molecule has 0 aromatic rings. The smallest absolute Gasteiger partial charge is 0.0518 e. The number of hydrogen-bond donors (Lipinski definition) is 0. The van der Waals surface area contributed by atoms with Crippen LogP contribution in [0.15, 0.2) is 0 Å². The molecule has 3 nitrogen and oxygen atoms in total. The largest absolute Gasteiger partial charge is 0.379 e. The van der Waals surface area contributed by atoms with Crippen molar-refractivity contribution in [3.8, 4) is 0 Å². The molecule has 0 aromatic carbocycles. The van der Waals surface area contributed by atoms with E-state index in [4.69, 9.17) is 4.74 Å². The third-order valence-corrected chi connectivity index (χ3v) is 3.69. The van der Waals surface area contributed by atoms with Gasteiger partial charge in [0, 0.05) is 45.4 Å². The van der Waals surface area contributed by atoms with Gasteiger partial charge in [0.25, 0.3) is 0 Å². The summed E-state index contributed by atoms with van der Waals surface area (Å²) in [6.07, 6.45) is 2.81. The van der Waals surface area contributed by atoms with Crippen LogP contribution in [-0.2, 0) is 4.74 Å². The molecule has 0 bridgehead atoms. The van der Waals surface area contributed by atoms with Crippen LogP contribution in [-0.4, -0.2) is 61.3 Å². The van der Waals surface area contributed by atoms with Gasteiger partial charge in [0.05, 0.1) is 6.10 Å². The van der Waals surface area contributed by atoms with Gasteiger partial charge in [-0.05, 0) is 33.6 Å². The highest BCUT2D eigenvalue weighted by Crippen LogP contribution is 2.08. The Hall–Kier alpha value is -0.120. The molecule has 1 unspecified atom stereocenters. The number of ether oxygens (including phenoxy) is 1. The Morgan fingerprint density at radius 3 is 2.24 bits per heavy atom. The molecule has 1 aliphatic rings. The molecule has 17 heavy (non-hydrogen) atoms. The highest BCUT2D eigenvalue weighted by atomic mass is 16.5. The lowest BCUT2D eigenvalue weighted by molar-refractivity contribution is 0.0590. The lowest BCUT2D eigenvalue weighted by atomic mass is 10.2. The predicted octanol–water partition coefficient (Wildman–Crippen LogP) is 2.22. The van der Waals surface area contributed by atoms with E-state index >= 15 is 0 Å². The van der Waals surface area contributed by atoms with Gasteiger partial charge in [0.1, 0.15) is 0 Å². The molecule has 102 valence electrons. The quantitative estimate of drug-likeness (QED) is 0.637. The molecule has 0 spiro atoms. The molecule has 1 atom stereocenters. The zero-order valence-corrected chi connectivity index (χ0v) is 12.1. The van der Waals surface area contributed by atoms with Crippen molar-refractivity contribution in [3.63, 3.8) is 0 Å². The molecule has 3 heteroatoms. The van der Waals surface area contributed by atoms with E-state index in [-0.39, 0.29) is 0 Å². The Morgan fingerprint density at radius 1 is 1.06 bits per heavy atom. The lowest BCUT2D eigenvalue weighted by Crippen LogP contribution is -2.49. The van der Waals surface area contributed by atoms with Crippen molar-refractivity contribution < 1.29 is 4.74 Å². The molecule has 1 rings (SSSR count). The molecule has 0 amide bonds. The number of piperazine rings is 1. The normalized spacial score (nSPS) is 21.0. The van der Waals surface area contributed by atoms with E-state index in [1.165, 1.54) is 45.6 Å². The molecule has 0 radical (unpaired) electrons. The Labute approximate surface area is 107 Å². The second-order valence-electron chi connectivity index (χ2n) is 5.41. The Morgan fingerprint density at radius 2 is 1.71 bits per heavy atom. The van der Waals surface area contributed by atoms with Crippen molar-refractivity contribution in [2.45, 2.75) is 52.7 Å². The van der Waals surface area contributed by atoms with E-state index in [0.717, 1.165) is 12.6 Å². The van der Waals surface area contributed by atoms with E-state index in [2.05, 4.69) is 37.5 Å². The summed E-state index contributed by atoms with van der Waals surface area (Å²) in [5.41, 5.74) is 0. The average molecular weight is 242 g/mol. The SMILES string of the molecule is CCC(C)N1CCN(CCCOC(C)C)CC1. The monoisotopic (exact) mass is 242 g/mol. The van der Waals surface area contributed by atoms with Gasteiger partial charge in [-0.25, -0.2) is 0 Å². The van der Waals surface area contributed by atoms with Crippen LogP contribution in [0.5, 0.6) is 0 Å².